The van der Waals surface area contributed by atoms with Crippen LogP contribution < -0.4 is 5.32 Å². The second kappa shape index (κ2) is 4.79. The van der Waals surface area contributed by atoms with Gasteiger partial charge < -0.3 is 9.73 Å². The van der Waals surface area contributed by atoms with E-state index in [1.807, 2.05) is 18.2 Å². The van der Waals surface area contributed by atoms with Gasteiger partial charge in [0.1, 0.15) is 5.76 Å². The van der Waals surface area contributed by atoms with Crippen LogP contribution in [-0.2, 0) is 6.54 Å². The van der Waals surface area contributed by atoms with Crippen molar-refractivity contribution in [3.8, 4) is 0 Å². The molecule has 0 radical (unpaired) electrons. The molecule has 0 spiro atoms. The van der Waals surface area contributed by atoms with Crippen molar-refractivity contribution < 1.29 is 4.42 Å². The maximum absolute atomic E-state index is 5.37. The van der Waals surface area contributed by atoms with Gasteiger partial charge in [-0.2, -0.15) is 5.10 Å². The van der Waals surface area contributed by atoms with Gasteiger partial charge in [0.2, 0.25) is 0 Å². The number of H-pyrrole nitrogens is 1. The number of furan rings is 1. The third-order valence-corrected chi connectivity index (χ3v) is 2.39. The maximum atomic E-state index is 5.37. The molecule has 0 bridgehead atoms. The second-order valence-electron chi connectivity index (χ2n) is 3.44. The van der Waals surface area contributed by atoms with Crippen molar-refractivity contribution in [2.75, 3.05) is 0 Å². The number of nitrogens with one attached hydrogen (secondary N) is 2. The minimum atomic E-state index is 0.267. The highest BCUT2D eigenvalue weighted by molar-refractivity contribution is 5.05. The minimum Gasteiger partial charge on any atom is -0.468 e. The quantitative estimate of drug-likeness (QED) is 0.787. The van der Waals surface area contributed by atoms with E-state index in [1.54, 1.807) is 12.5 Å². The monoisotopic (exact) mass is 205 g/mol. The van der Waals surface area contributed by atoms with Gasteiger partial charge >= 0.3 is 0 Å². The lowest BCUT2D eigenvalue weighted by atomic mass is 10.1. The molecule has 1 atom stereocenters. The largest absolute Gasteiger partial charge is 0.468 e. The molecule has 2 heterocycles. The Labute approximate surface area is 88.7 Å². The van der Waals surface area contributed by atoms with Crippen molar-refractivity contribution >= 4 is 0 Å². The van der Waals surface area contributed by atoms with Crippen molar-refractivity contribution in [1.29, 1.82) is 0 Å². The van der Waals surface area contributed by atoms with Gasteiger partial charge in [-0.1, -0.05) is 6.92 Å². The fraction of sp³-hybridized carbons (Fsp3) is 0.364. The Hall–Kier alpha value is -1.55. The van der Waals surface area contributed by atoms with E-state index in [2.05, 4.69) is 22.4 Å². The molecular weight excluding hydrogens is 190 g/mol. The molecule has 0 aliphatic carbocycles. The minimum absolute atomic E-state index is 0.267. The number of aromatic amines is 1. The molecule has 0 fully saturated rings. The number of hydrogen-bond acceptors (Lipinski definition) is 3. The Bertz CT molecular complexity index is 366. The van der Waals surface area contributed by atoms with E-state index in [9.17, 15) is 0 Å². The molecule has 0 aliphatic rings. The van der Waals surface area contributed by atoms with Gasteiger partial charge in [0.05, 0.1) is 12.3 Å². The highest BCUT2D eigenvalue weighted by atomic mass is 16.3. The summed E-state index contributed by atoms with van der Waals surface area (Å²) >= 11 is 0. The van der Waals surface area contributed by atoms with Crippen LogP contribution in [0.5, 0.6) is 0 Å². The summed E-state index contributed by atoms with van der Waals surface area (Å²) < 4.78 is 5.37. The predicted octanol–water partition coefficient (Wildman–Crippen LogP) is 2.24. The summed E-state index contributed by atoms with van der Waals surface area (Å²) in [5, 5.41) is 10.2. The first-order chi connectivity index (χ1) is 7.40. The van der Waals surface area contributed by atoms with E-state index < -0.39 is 0 Å². The summed E-state index contributed by atoms with van der Waals surface area (Å²) in [6.07, 6.45) is 4.46. The van der Waals surface area contributed by atoms with Crippen molar-refractivity contribution in [3.05, 3.63) is 42.1 Å². The Morgan fingerprint density at radius 2 is 2.47 bits per heavy atom. The molecule has 2 aromatic heterocycles. The molecule has 0 saturated heterocycles. The van der Waals surface area contributed by atoms with Crippen LogP contribution >= 0.6 is 0 Å². The topological polar surface area (TPSA) is 53.9 Å². The van der Waals surface area contributed by atoms with Gasteiger partial charge in [0.25, 0.3) is 0 Å². The number of rotatable bonds is 5. The Kier molecular flexibility index (Phi) is 3.19. The van der Waals surface area contributed by atoms with Crippen LogP contribution in [0.15, 0.2) is 35.1 Å². The average molecular weight is 205 g/mol. The van der Waals surface area contributed by atoms with Crippen LogP contribution in [0.2, 0.25) is 0 Å². The lowest BCUT2D eigenvalue weighted by Gasteiger charge is -2.13. The van der Waals surface area contributed by atoms with Gasteiger partial charge in [-0.05, 0) is 24.6 Å². The molecule has 0 saturated carbocycles. The molecule has 1 unspecified atom stereocenters. The first-order valence-corrected chi connectivity index (χ1v) is 5.15. The zero-order valence-corrected chi connectivity index (χ0v) is 8.73. The third kappa shape index (κ3) is 2.47. The zero-order chi connectivity index (χ0) is 10.5. The smallest absolute Gasteiger partial charge is 0.120 e. The van der Waals surface area contributed by atoms with E-state index in [0.717, 1.165) is 24.4 Å². The molecule has 0 aliphatic heterocycles. The van der Waals surface area contributed by atoms with Crippen LogP contribution in [0.3, 0.4) is 0 Å². The van der Waals surface area contributed by atoms with E-state index in [4.69, 9.17) is 4.42 Å². The summed E-state index contributed by atoms with van der Waals surface area (Å²) in [7, 11) is 0. The van der Waals surface area contributed by atoms with Crippen LogP contribution in [-0.4, -0.2) is 10.2 Å². The summed E-state index contributed by atoms with van der Waals surface area (Å²) in [5.41, 5.74) is 1.08. The van der Waals surface area contributed by atoms with Crippen molar-refractivity contribution in [2.24, 2.45) is 0 Å². The molecular formula is C11H15N3O. The SMILES string of the molecule is CCC(NCc1ccn[nH]1)c1ccco1. The second-order valence-corrected chi connectivity index (χ2v) is 3.44. The highest BCUT2D eigenvalue weighted by Crippen LogP contribution is 2.16. The summed E-state index contributed by atoms with van der Waals surface area (Å²) in [4.78, 5) is 0. The van der Waals surface area contributed by atoms with E-state index in [0.29, 0.717) is 0 Å². The molecule has 2 aromatic rings. The van der Waals surface area contributed by atoms with E-state index in [1.165, 1.54) is 0 Å². The molecule has 4 heteroatoms. The molecule has 0 aromatic carbocycles. The van der Waals surface area contributed by atoms with Crippen molar-refractivity contribution in [1.82, 2.24) is 15.5 Å². The lowest BCUT2D eigenvalue weighted by Crippen LogP contribution is -2.19. The van der Waals surface area contributed by atoms with Gasteiger partial charge in [0.15, 0.2) is 0 Å². The van der Waals surface area contributed by atoms with Crippen LogP contribution in [0.25, 0.3) is 0 Å². The third-order valence-electron chi connectivity index (χ3n) is 2.39. The molecule has 2 rings (SSSR count). The van der Waals surface area contributed by atoms with Crippen molar-refractivity contribution in [3.63, 3.8) is 0 Å². The molecule has 4 nitrogen and oxygen atoms in total. The molecule has 80 valence electrons. The Balaban J connectivity index is 1.92. The normalized spacial score (nSPS) is 12.9. The highest BCUT2D eigenvalue weighted by Gasteiger charge is 2.10. The summed E-state index contributed by atoms with van der Waals surface area (Å²) in [6.45, 7) is 2.91. The maximum Gasteiger partial charge on any atom is 0.120 e. The van der Waals surface area contributed by atoms with Crippen LogP contribution in [0.4, 0.5) is 0 Å². The first kappa shape index (κ1) is 9.98. The van der Waals surface area contributed by atoms with Crippen LogP contribution in [0.1, 0.15) is 30.8 Å². The van der Waals surface area contributed by atoms with Gasteiger partial charge in [-0.3, -0.25) is 5.10 Å². The fourth-order valence-electron chi connectivity index (χ4n) is 1.55. The molecule has 15 heavy (non-hydrogen) atoms. The summed E-state index contributed by atoms with van der Waals surface area (Å²) in [6, 6.07) is 6.13. The van der Waals surface area contributed by atoms with E-state index >= 15 is 0 Å². The number of nitrogens with zero attached hydrogens (tertiary/aromatic N) is 1. The fourth-order valence-corrected chi connectivity index (χ4v) is 1.55. The van der Waals surface area contributed by atoms with E-state index in [-0.39, 0.29) is 6.04 Å². The van der Waals surface area contributed by atoms with Gasteiger partial charge in [-0.25, -0.2) is 0 Å². The predicted molar refractivity (Wildman–Crippen MR) is 57.2 cm³/mol. The number of hydrogen-bond donors (Lipinski definition) is 2. The average Bonchev–Trinajstić information content (AvgIpc) is 2.90. The lowest BCUT2D eigenvalue weighted by molar-refractivity contribution is 0.402. The standard InChI is InChI=1S/C11H15N3O/c1-2-10(11-4-3-7-15-11)12-8-9-5-6-13-14-9/h3-7,10,12H,2,8H2,1H3,(H,13,14). The molecule has 2 N–H and O–H groups in total. The van der Waals surface area contributed by atoms with Crippen molar-refractivity contribution in [2.45, 2.75) is 25.9 Å². The number of aromatic nitrogens is 2. The zero-order valence-electron chi connectivity index (χ0n) is 8.73. The Morgan fingerprint density at radius 3 is 3.07 bits per heavy atom. The van der Waals surface area contributed by atoms with Crippen LogP contribution in [0, 0.1) is 0 Å². The van der Waals surface area contributed by atoms with Gasteiger partial charge in [-0.15, -0.1) is 0 Å². The van der Waals surface area contributed by atoms with Gasteiger partial charge in [0, 0.05) is 18.4 Å². The molecule has 0 amide bonds. The summed E-state index contributed by atoms with van der Waals surface area (Å²) in [5.74, 6) is 0.983. The first-order valence-electron chi connectivity index (χ1n) is 5.15. The Morgan fingerprint density at radius 1 is 1.53 bits per heavy atom.